The first-order valence-corrected chi connectivity index (χ1v) is 23.7. The van der Waals surface area contributed by atoms with Crippen LogP contribution in [0, 0.1) is 0 Å². The summed E-state index contributed by atoms with van der Waals surface area (Å²) in [5, 5.41) is 29.9. The van der Waals surface area contributed by atoms with Crippen LogP contribution in [0.15, 0.2) is 97.2 Å². The number of rotatable bonds is 38. The van der Waals surface area contributed by atoms with Crippen molar-refractivity contribution in [2.24, 2.45) is 0 Å². The average molecular weight is 889 g/mol. The van der Waals surface area contributed by atoms with Gasteiger partial charge in [-0.3, -0.25) is 27.7 Å². The van der Waals surface area contributed by atoms with Gasteiger partial charge in [-0.2, -0.15) is 0 Å². The molecule has 60 heavy (non-hydrogen) atoms. The number of carbonyl (C=O) groups excluding carboxylic acids is 2. The van der Waals surface area contributed by atoms with Gasteiger partial charge in [-0.1, -0.05) is 137 Å². The first-order valence-electron chi connectivity index (χ1n) is 20.7. The van der Waals surface area contributed by atoms with Crippen molar-refractivity contribution in [1.82, 2.24) is 0 Å². The third-order valence-electron chi connectivity index (χ3n) is 7.72. The molecule has 0 amide bonds. The van der Waals surface area contributed by atoms with Crippen LogP contribution >= 0.6 is 15.6 Å². The Morgan fingerprint density at radius 1 is 0.433 bits per heavy atom. The minimum atomic E-state index is -4.80. The maximum absolute atomic E-state index is 12.1. The highest BCUT2D eigenvalue weighted by Gasteiger charge is 2.28. The molecule has 0 aromatic rings. The van der Waals surface area contributed by atoms with E-state index in [-0.39, 0.29) is 12.8 Å². The molecule has 0 aliphatic carbocycles. The topological polar surface area (TPSA) is 225 Å². The molecular weight excluding hydrogens is 818 g/mol. The Morgan fingerprint density at radius 2 is 0.717 bits per heavy atom. The quantitative estimate of drug-likeness (QED) is 0.0170. The maximum Gasteiger partial charge on any atom is 0.472 e. The van der Waals surface area contributed by atoms with Gasteiger partial charge in [0.2, 0.25) is 0 Å². The number of allylic oxidation sites excluding steroid dienone is 16. The summed E-state index contributed by atoms with van der Waals surface area (Å²) in [6.45, 7) is 0.000495. The van der Waals surface area contributed by atoms with E-state index in [1.165, 1.54) is 0 Å². The van der Waals surface area contributed by atoms with Gasteiger partial charge in [0.15, 0.2) is 0 Å². The van der Waals surface area contributed by atoms with Gasteiger partial charge in [0.05, 0.1) is 26.4 Å². The fraction of sp³-hybridized carbons (Fsp3) is 0.581. The number of carbonyl (C=O) groups is 2. The zero-order chi connectivity index (χ0) is 44.6. The number of unbranched alkanes of at least 4 members (excludes halogenated alkanes) is 8. The smallest absolute Gasteiger partial charge is 0.463 e. The van der Waals surface area contributed by atoms with Crippen molar-refractivity contribution in [2.45, 2.75) is 122 Å². The molecule has 0 fully saturated rings. The van der Waals surface area contributed by atoms with Crippen molar-refractivity contribution in [1.29, 1.82) is 0 Å². The number of phosphoric ester groups is 2. The zero-order valence-electron chi connectivity index (χ0n) is 35.3. The lowest BCUT2D eigenvalue weighted by atomic mass is 10.1. The van der Waals surface area contributed by atoms with Crippen molar-refractivity contribution in [3.05, 3.63) is 97.2 Å². The number of aliphatic hydroxyl groups is 3. The molecule has 0 saturated heterocycles. The Labute approximate surface area is 357 Å². The second-order valence-electron chi connectivity index (χ2n) is 13.4. The molecule has 0 bridgehead atoms. The summed E-state index contributed by atoms with van der Waals surface area (Å²) >= 11 is 0. The Hall–Kier alpha value is -3.04. The van der Waals surface area contributed by atoms with Crippen molar-refractivity contribution < 1.29 is 71.4 Å². The summed E-state index contributed by atoms with van der Waals surface area (Å²) in [5.74, 6) is -1.07. The Kier molecular flexibility index (Phi) is 36.9. The van der Waals surface area contributed by atoms with E-state index < -0.39 is 85.5 Å². The molecule has 0 aromatic carbocycles. The Bertz CT molecular complexity index is 1450. The second kappa shape index (κ2) is 38.9. The number of aliphatic hydroxyl groups excluding tert-OH is 3. The number of hydrogen-bond donors (Lipinski definition) is 5. The van der Waals surface area contributed by atoms with Crippen molar-refractivity contribution >= 4 is 27.6 Å². The highest BCUT2D eigenvalue weighted by Crippen LogP contribution is 2.45. The lowest BCUT2D eigenvalue weighted by Gasteiger charge is -2.19. The lowest BCUT2D eigenvalue weighted by molar-refractivity contribution is -0.148. The largest absolute Gasteiger partial charge is 0.472 e. The summed E-state index contributed by atoms with van der Waals surface area (Å²) in [7, 11) is -9.59. The molecule has 0 radical (unpaired) electrons. The fourth-order valence-electron chi connectivity index (χ4n) is 4.52. The molecule has 0 aliphatic rings. The number of ether oxygens (including phenoxy) is 2. The molecule has 342 valence electrons. The monoisotopic (exact) mass is 888 g/mol. The maximum atomic E-state index is 12.1. The van der Waals surface area contributed by atoms with E-state index in [0.29, 0.717) is 12.8 Å². The van der Waals surface area contributed by atoms with E-state index in [1.807, 2.05) is 79.0 Å². The molecular formula is C43H70O15P2. The van der Waals surface area contributed by atoms with E-state index in [9.17, 15) is 43.8 Å². The summed E-state index contributed by atoms with van der Waals surface area (Å²) in [6.07, 6.45) is 38.4. The Balaban J connectivity index is 4.02. The van der Waals surface area contributed by atoms with Crippen molar-refractivity contribution in [3.8, 4) is 0 Å². The molecule has 0 aromatic heterocycles. The predicted molar refractivity (Wildman–Crippen MR) is 233 cm³/mol. The lowest BCUT2D eigenvalue weighted by Crippen LogP contribution is -2.25. The number of phosphoric acid groups is 2. The van der Waals surface area contributed by atoms with Crippen LogP contribution < -0.4 is 0 Å². The standard InChI is InChI=1S/C43H70O15P2/c1-3-5-7-9-11-13-15-17-18-20-22-24-26-28-30-32-43(48)54-34-40(45)36-56-60(51,52)58-38-41(46)37-57-59(49,50)55-35-39(44)33-53-42(47)31-29-27-25-23-21-19-16-14-12-10-8-6-4-2/h5-19,21,39-41,44-46H,3-4,20,22-38H2,1-2H3,(H,49,50)(H,51,52)/b7-5+,8-6+,11-9+,12-10+,15-13+,16-14-,18-17-,21-19-. The van der Waals surface area contributed by atoms with Crippen LogP contribution in [0.2, 0.25) is 0 Å². The molecule has 0 aliphatic heterocycles. The molecule has 0 saturated carbocycles. The average Bonchev–Trinajstić information content (AvgIpc) is 3.22. The summed E-state index contributed by atoms with van der Waals surface area (Å²) in [4.78, 5) is 43.6. The van der Waals surface area contributed by atoms with Crippen LogP contribution in [0.5, 0.6) is 0 Å². The predicted octanol–water partition coefficient (Wildman–Crippen LogP) is 8.37. The van der Waals surface area contributed by atoms with Crippen molar-refractivity contribution in [3.63, 3.8) is 0 Å². The molecule has 0 spiro atoms. The minimum Gasteiger partial charge on any atom is -0.463 e. The highest BCUT2D eigenvalue weighted by molar-refractivity contribution is 7.47. The number of hydrogen-bond acceptors (Lipinski definition) is 13. The number of esters is 2. The van der Waals surface area contributed by atoms with Gasteiger partial charge in [0.1, 0.15) is 31.5 Å². The van der Waals surface area contributed by atoms with E-state index in [4.69, 9.17) is 9.47 Å². The van der Waals surface area contributed by atoms with Crippen LogP contribution in [0.25, 0.3) is 0 Å². The molecule has 5 atom stereocenters. The van der Waals surface area contributed by atoms with Gasteiger partial charge in [-0.05, 0) is 51.4 Å². The fourth-order valence-corrected chi connectivity index (χ4v) is 6.12. The van der Waals surface area contributed by atoms with Gasteiger partial charge in [-0.15, -0.1) is 0 Å². The van der Waals surface area contributed by atoms with Gasteiger partial charge < -0.3 is 34.6 Å². The van der Waals surface area contributed by atoms with Gasteiger partial charge in [0.25, 0.3) is 0 Å². The van der Waals surface area contributed by atoms with Gasteiger partial charge >= 0.3 is 27.6 Å². The Morgan fingerprint density at radius 3 is 1.08 bits per heavy atom. The molecule has 0 heterocycles. The second-order valence-corrected chi connectivity index (χ2v) is 16.3. The SMILES string of the molecule is CC/C=C/C=C/C=C\C=C/CCCCCC(=O)OCC(O)COP(=O)(O)OCC(O)COP(=O)(O)OCC(O)COC(=O)CCCCCCC\C=C/C=C/C=C/C=C/CC. The van der Waals surface area contributed by atoms with E-state index in [1.54, 1.807) is 0 Å². The third-order valence-corrected chi connectivity index (χ3v) is 9.63. The van der Waals surface area contributed by atoms with E-state index >= 15 is 0 Å². The molecule has 0 rings (SSSR count). The molecule has 5 unspecified atom stereocenters. The summed E-state index contributed by atoms with van der Waals surface area (Å²) in [6, 6.07) is 0. The third kappa shape index (κ3) is 40.4. The first-order chi connectivity index (χ1) is 28.8. The van der Waals surface area contributed by atoms with Crippen LogP contribution in [0.3, 0.4) is 0 Å². The van der Waals surface area contributed by atoms with Crippen LogP contribution in [-0.2, 0) is 46.3 Å². The first kappa shape index (κ1) is 57.0. The zero-order valence-corrected chi connectivity index (χ0v) is 37.1. The van der Waals surface area contributed by atoms with Crippen LogP contribution in [0.1, 0.15) is 104 Å². The van der Waals surface area contributed by atoms with E-state index in [0.717, 1.165) is 64.2 Å². The molecule has 15 nitrogen and oxygen atoms in total. The normalized spacial score (nSPS) is 16.3. The highest BCUT2D eigenvalue weighted by atomic mass is 31.2. The van der Waals surface area contributed by atoms with Crippen LogP contribution in [-0.4, -0.2) is 95.0 Å². The van der Waals surface area contributed by atoms with Crippen LogP contribution in [0.4, 0.5) is 0 Å². The van der Waals surface area contributed by atoms with Gasteiger partial charge in [-0.25, -0.2) is 9.13 Å². The minimum absolute atomic E-state index is 0.145. The van der Waals surface area contributed by atoms with Crippen molar-refractivity contribution in [2.75, 3.05) is 39.6 Å². The molecule has 5 N–H and O–H groups in total. The summed E-state index contributed by atoms with van der Waals surface area (Å²) < 4.78 is 52.7. The van der Waals surface area contributed by atoms with E-state index in [2.05, 4.69) is 50.2 Å². The molecule has 17 heteroatoms. The van der Waals surface area contributed by atoms with Gasteiger partial charge in [0, 0.05) is 12.8 Å². The summed E-state index contributed by atoms with van der Waals surface area (Å²) in [5.41, 5.74) is 0.